The summed E-state index contributed by atoms with van der Waals surface area (Å²) in [4.78, 5) is 12.6. The average Bonchev–Trinajstić information content (AvgIpc) is 2.87. The van der Waals surface area contributed by atoms with Crippen molar-refractivity contribution in [3.63, 3.8) is 0 Å². The van der Waals surface area contributed by atoms with Crippen LogP contribution in [-0.4, -0.2) is 18.5 Å². The van der Waals surface area contributed by atoms with Gasteiger partial charge in [-0.1, -0.05) is 56.0 Å². The summed E-state index contributed by atoms with van der Waals surface area (Å²) in [7, 11) is 0. The SMILES string of the molecule is O=C(NC1CCCCCC1)C1CNNC1c1ccccc1. The quantitative estimate of drug-likeness (QED) is 0.748. The van der Waals surface area contributed by atoms with E-state index in [0.717, 1.165) is 12.8 Å². The molecule has 1 aromatic rings. The van der Waals surface area contributed by atoms with Crippen molar-refractivity contribution in [2.45, 2.75) is 50.6 Å². The van der Waals surface area contributed by atoms with E-state index in [2.05, 4.69) is 28.3 Å². The molecular formula is C17H25N3O. The topological polar surface area (TPSA) is 53.2 Å². The summed E-state index contributed by atoms with van der Waals surface area (Å²) >= 11 is 0. The third-order valence-electron chi connectivity index (χ3n) is 4.68. The lowest BCUT2D eigenvalue weighted by atomic mass is 9.93. The maximum atomic E-state index is 12.6. The molecule has 2 aliphatic rings. The zero-order valence-corrected chi connectivity index (χ0v) is 12.5. The molecule has 21 heavy (non-hydrogen) atoms. The van der Waals surface area contributed by atoms with Gasteiger partial charge in [0.25, 0.3) is 0 Å². The van der Waals surface area contributed by atoms with Gasteiger partial charge < -0.3 is 5.32 Å². The Bertz CT molecular complexity index is 454. The lowest BCUT2D eigenvalue weighted by molar-refractivity contribution is -0.125. The fourth-order valence-corrected chi connectivity index (χ4v) is 3.45. The molecule has 1 saturated heterocycles. The maximum absolute atomic E-state index is 12.6. The van der Waals surface area contributed by atoms with Crippen LogP contribution in [0.3, 0.4) is 0 Å². The number of rotatable bonds is 3. The van der Waals surface area contributed by atoms with Gasteiger partial charge in [-0.05, 0) is 18.4 Å². The minimum absolute atomic E-state index is 0.0318. The molecule has 3 N–H and O–H groups in total. The van der Waals surface area contributed by atoms with Crippen LogP contribution >= 0.6 is 0 Å². The van der Waals surface area contributed by atoms with Crippen molar-refractivity contribution in [1.29, 1.82) is 0 Å². The first-order valence-electron chi connectivity index (χ1n) is 8.18. The Balaban J connectivity index is 1.63. The summed E-state index contributed by atoms with van der Waals surface area (Å²) in [5, 5.41) is 3.28. The first-order chi connectivity index (χ1) is 10.3. The molecule has 1 aliphatic heterocycles. The van der Waals surface area contributed by atoms with Gasteiger partial charge in [0.05, 0.1) is 12.0 Å². The highest BCUT2D eigenvalue weighted by molar-refractivity contribution is 5.80. The molecule has 0 spiro atoms. The second kappa shape index (κ2) is 7.05. The summed E-state index contributed by atoms with van der Waals surface area (Å²) in [5.74, 6) is 0.156. The molecule has 1 aromatic carbocycles. The van der Waals surface area contributed by atoms with E-state index in [1.165, 1.54) is 31.2 Å². The number of hydrogen-bond acceptors (Lipinski definition) is 3. The molecule has 1 amide bonds. The highest BCUT2D eigenvalue weighted by Gasteiger charge is 2.34. The van der Waals surface area contributed by atoms with Crippen LogP contribution in [-0.2, 0) is 4.79 Å². The normalized spacial score (nSPS) is 27.2. The van der Waals surface area contributed by atoms with Crippen molar-refractivity contribution >= 4 is 5.91 Å². The highest BCUT2D eigenvalue weighted by Crippen LogP contribution is 2.25. The fourth-order valence-electron chi connectivity index (χ4n) is 3.45. The van der Waals surface area contributed by atoms with Gasteiger partial charge in [-0.25, -0.2) is 5.43 Å². The zero-order valence-electron chi connectivity index (χ0n) is 12.5. The summed E-state index contributed by atoms with van der Waals surface area (Å²) in [6, 6.07) is 10.7. The van der Waals surface area contributed by atoms with E-state index in [-0.39, 0.29) is 17.9 Å². The van der Waals surface area contributed by atoms with Crippen LogP contribution in [0.2, 0.25) is 0 Å². The number of hydrogen-bond donors (Lipinski definition) is 3. The molecule has 0 radical (unpaired) electrons. The zero-order chi connectivity index (χ0) is 14.5. The summed E-state index contributed by atoms with van der Waals surface area (Å²) < 4.78 is 0. The monoisotopic (exact) mass is 287 g/mol. The Morgan fingerprint density at radius 3 is 2.48 bits per heavy atom. The van der Waals surface area contributed by atoms with E-state index in [1.807, 2.05) is 18.2 Å². The van der Waals surface area contributed by atoms with Gasteiger partial charge in [-0.2, -0.15) is 0 Å². The van der Waals surface area contributed by atoms with Crippen molar-refractivity contribution in [3.8, 4) is 0 Å². The molecule has 2 unspecified atom stereocenters. The Morgan fingerprint density at radius 2 is 1.76 bits per heavy atom. The number of hydrazine groups is 1. The predicted molar refractivity (Wildman–Crippen MR) is 83.4 cm³/mol. The van der Waals surface area contributed by atoms with Gasteiger partial charge in [0.15, 0.2) is 0 Å². The van der Waals surface area contributed by atoms with Crippen molar-refractivity contribution in [2.75, 3.05) is 6.54 Å². The third-order valence-corrected chi connectivity index (χ3v) is 4.68. The predicted octanol–water partition coefficient (Wildman–Crippen LogP) is 2.29. The number of carbonyl (C=O) groups is 1. The van der Waals surface area contributed by atoms with Gasteiger partial charge in [0.1, 0.15) is 0 Å². The average molecular weight is 287 g/mol. The molecule has 1 saturated carbocycles. The van der Waals surface area contributed by atoms with Crippen molar-refractivity contribution in [2.24, 2.45) is 5.92 Å². The number of carbonyl (C=O) groups excluding carboxylic acids is 1. The minimum atomic E-state index is -0.0318. The van der Waals surface area contributed by atoms with Crippen LogP contribution in [0.4, 0.5) is 0 Å². The molecule has 3 rings (SSSR count). The molecule has 0 aromatic heterocycles. The molecule has 0 bridgehead atoms. The van der Waals surface area contributed by atoms with E-state index in [0.29, 0.717) is 12.6 Å². The standard InChI is InChI=1S/C17H25N3O/c21-17(19-14-10-6-1-2-7-11-14)15-12-18-20-16(15)13-8-4-3-5-9-13/h3-5,8-9,14-16,18,20H,1-2,6-7,10-12H2,(H,19,21). The Labute approximate surface area is 126 Å². The lowest BCUT2D eigenvalue weighted by Gasteiger charge is -2.22. The van der Waals surface area contributed by atoms with E-state index in [1.54, 1.807) is 0 Å². The third kappa shape index (κ3) is 3.63. The van der Waals surface area contributed by atoms with Crippen LogP contribution in [0.15, 0.2) is 30.3 Å². The first kappa shape index (κ1) is 14.5. The van der Waals surface area contributed by atoms with Crippen molar-refractivity contribution in [1.82, 2.24) is 16.2 Å². The van der Waals surface area contributed by atoms with Crippen molar-refractivity contribution < 1.29 is 4.79 Å². The van der Waals surface area contributed by atoms with Gasteiger partial charge >= 0.3 is 0 Å². The molecule has 4 heteroatoms. The number of amides is 1. The molecule has 2 atom stereocenters. The lowest BCUT2D eigenvalue weighted by Crippen LogP contribution is -2.41. The molecule has 1 aliphatic carbocycles. The van der Waals surface area contributed by atoms with Crippen molar-refractivity contribution in [3.05, 3.63) is 35.9 Å². The van der Waals surface area contributed by atoms with E-state index in [9.17, 15) is 4.79 Å². The maximum Gasteiger partial charge on any atom is 0.226 e. The molecule has 4 nitrogen and oxygen atoms in total. The molecule has 1 heterocycles. The fraction of sp³-hybridized carbons (Fsp3) is 0.588. The summed E-state index contributed by atoms with van der Waals surface area (Å²) in [5.41, 5.74) is 7.55. The van der Waals surface area contributed by atoms with E-state index >= 15 is 0 Å². The van der Waals surface area contributed by atoms with Crippen LogP contribution < -0.4 is 16.2 Å². The van der Waals surface area contributed by atoms with Crippen LogP contribution in [0, 0.1) is 5.92 Å². The minimum Gasteiger partial charge on any atom is -0.353 e. The number of benzene rings is 1. The van der Waals surface area contributed by atoms with Crippen LogP contribution in [0.1, 0.15) is 50.1 Å². The van der Waals surface area contributed by atoms with E-state index < -0.39 is 0 Å². The smallest absolute Gasteiger partial charge is 0.226 e. The van der Waals surface area contributed by atoms with Gasteiger partial charge in [0, 0.05) is 12.6 Å². The van der Waals surface area contributed by atoms with E-state index in [4.69, 9.17) is 0 Å². The Kier molecular flexibility index (Phi) is 4.88. The highest BCUT2D eigenvalue weighted by atomic mass is 16.2. The Morgan fingerprint density at radius 1 is 1.05 bits per heavy atom. The second-order valence-corrected chi connectivity index (χ2v) is 6.22. The molecule has 2 fully saturated rings. The molecular weight excluding hydrogens is 262 g/mol. The van der Waals surface area contributed by atoms with Gasteiger partial charge in [-0.15, -0.1) is 0 Å². The first-order valence-corrected chi connectivity index (χ1v) is 8.18. The molecule has 114 valence electrons. The summed E-state index contributed by atoms with van der Waals surface area (Å²) in [6.07, 6.45) is 7.38. The largest absolute Gasteiger partial charge is 0.353 e. The van der Waals surface area contributed by atoms with Crippen LogP contribution in [0.25, 0.3) is 0 Å². The van der Waals surface area contributed by atoms with Gasteiger partial charge in [0.2, 0.25) is 5.91 Å². The Hall–Kier alpha value is -1.39. The van der Waals surface area contributed by atoms with Gasteiger partial charge in [-0.3, -0.25) is 10.2 Å². The summed E-state index contributed by atoms with van der Waals surface area (Å²) in [6.45, 7) is 0.693. The number of nitrogens with one attached hydrogen (secondary N) is 3. The second-order valence-electron chi connectivity index (χ2n) is 6.22. The van der Waals surface area contributed by atoms with Crippen LogP contribution in [0.5, 0.6) is 0 Å².